The minimum absolute atomic E-state index is 0. The van der Waals surface area contributed by atoms with Gasteiger partial charge in [-0.2, -0.15) is 0 Å². The molecule has 42 valence electrons. The monoisotopic (exact) mass is 236 g/mol. The first kappa shape index (κ1) is 15.7. The summed E-state index contributed by atoms with van der Waals surface area (Å²) >= 11 is -0.450. The normalized spacial score (nSPS) is 6.00. The minimum Gasteiger partial charge on any atom is -1.00 e. The summed E-state index contributed by atoms with van der Waals surface area (Å²) < 4.78 is 0. The van der Waals surface area contributed by atoms with Crippen LogP contribution in [0.25, 0.3) is 0 Å². The van der Waals surface area contributed by atoms with Crippen LogP contribution in [0, 0.1) is 0 Å². The molecular weight excluding hydrogens is 229 g/mol. The Hall–Kier alpha value is 1.40. The van der Waals surface area contributed by atoms with Crippen molar-refractivity contribution in [3.8, 4) is 0 Å². The van der Waals surface area contributed by atoms with Crippen LogP contribution in [0.1, 0.15) is 0 Å². The summed E-state index contributed by atoms with van der Waals surface area (Å²) in [6.07, 6.45) is 0. The maximum atomic E-state index is 2.35. The molecule has 0 rings (SSSR count). The third kappa shape index (κ3) is 53.4. The number of halogens is 2. The fraction of sp³-hybridized carbons (Fsp3) is 1.00. The molecule has 0 aliphatic rings. The van der Waals surface area contributed by atoms with E-state index in [0.717, 1.165) is 0 Å². The van der Waals surface area contributed by atoms with Gasteiger partial charge in [0.05, 0.1) is 0 Å². The summed E-state index contributed by atoms with van der Waals surface area (Å²) in [6, 6.07) is 0. The van der Waals surface area contributed by atoms with Gasteiger partial charge in [0.15, 0.2) is 0 Å². The largest absolute Gasteiger partial charge is 1.00 e. The summed E-state index contributed by atoms with van der Waals surface area (Å²) in [4.78, 5) is 7.05. The van der Waals surface area contributed by atoms with E-state index >= 15 is 0 Å². The Bertz CT molecular complexity index is 13.5. The smallest absolute Gasteiger partial charge is 1.00 e. The van der Waals surface area contributed by atoms with Crippen LogP contribution < -0.4 is 24.8 Å². The van der Waals surface area contributed by atoms with Crippen LogP contribution in [-0.2, 0) is 0 Å². The van der Waals surface area contributed by atoms with Gasteiger partial charge in [0.1, 0.15) is 0 Å². The quantitative estimate of drug-likeness (QED) is 0.372. The summed E-state index contributed by atoms with van der Waals surface area (Å²) in [5, 5.41) is 0. The minimum atomic E-state index is -0.450. The van der Waals surface area contributed by atoms with Gasteiger partial charge in [-0.25, -0.2) is 0 Å². The molecule has 0 bridgehead atoms. The van der Waals surface area contributed by atoms with Crippen molar-refractivity contribution in [2.75, 3.05) is 0 Å². The van der Waals surface area contributed by atoms with Gasteiger partial charge in [-0.1, -0.05) is 0 Å². The van der Waals surface area contributed by atoms with Crippen LogP contribution >= 0.6 is 0 Å². The van der Waals surface area contributed by atoms with Gasteiger partial charge in [0.2, 0.25) is 0 Å². The van der Waals surface area contributed by atoms with Crippen molar-refractivity contribution in [2.45, 2.75) is 14.6 Å². The van der Waals surface area contributed by atoms with E-state index in [9.17, 15) is 0 Å². The van der Waals surface area contributed by atoms with E-state index < -0.39 is 20.2 Å². The van der Waals surface area contributed by atoms with Gasteiger partial charge in [-0.15, -0.1) is 0 Å². The molecule has 0 saturated heterocycles. The van der Waals surface area contributed by atoms with Crippen LogP contribution in [0.15, 0.2) is 0 Å². The molecule has 0 unspecified atom stereocenters. The van der Waals surface area contributed by atoms with E-state index in [0.29, 0.717) is 0 Å². The summed E-state index contributed by atoms with van der Waals surface area (Å²) in [6.45, 7) is 0. The van der Waals surface area contributed by atoms with Crippen LogP contribution in [-0.4, -0.2) is 20.2 Å². The van der Waals surface area contributed by atoms with Crippen LogP contribution in [0.3, 0.4) is 0 Å². The zero-order valence-corrected chi connectivity index (χ0v) is 8.27. The van der Waals surface area contributed by atoms with Crippen molar-refractivity contribution in [2.24, 2.45) is 0 Å². The predicted molar refractivity (Wildman–Crippen MR) is 23.3 cm³/mol. The van der Waals surface area contributed by atoms with Crippen LogP contribution in [0.2, 0.25) is 14.6 Å². The molecule has 0 aliphatic carbocycles. The Morgan fingerprint density at radius 2 is 0.833 bits per heavy atom. The Kier molecular flexibility index (Phi) is 25.2. The van der Waals surface area contributed by atoms with Crippen molar-refractivity contribution in [3.63, 3.8) is 0 Å². The first-order valence-electron chi connectivity index (χ1n) is 1.34. The molecule has 0 aromatic carbocycles. The standard InChI is InChI=1S/3CH3.2ClH.Sb/h3*1H3;2*1H;/p-2. The molecule has 0 aromatic heterocycles. The molecule has 0 heterocycles. The molecule has 3 heteroatoms. The molecule has 0 saturated carbocycles. The van der Waals surface area contributed by atoms with E-state index in [2.05, 4.69) is 14.6 Å². The average molecular weight is 238 g/mol. The van der Waals surface area contributed by atoms with E-state index in [-0.39, 0.29) is 24.8 Å². The summed E-state index contributed by atoms with van der Waals surface area (Å²) in [5.74, 6) is 0. The molecule has 0 fully saturated rings. The Morgan fingerprint density at radius 1 is 0.833 bits per heavy atom. The molecule has 0 radical (unpaired) electrons. The summed E-state index contributed by atoms with van der Waals surface area (Å²) in [7, 11) is 0. The van der Waals surface area contributed by atoms with Crippen molar-refractivity contribution < 1.29 is 24.8 Å². The van der Waals surface area contributed by atoms with E-state index in [1.807, 2.05) is 0 Å². The zero-order valence-electron chi connectivity index (χ0n) is 4.20. The predicted octanol–water partition coefficient (Wildman–Crippen LogP) is -4.62. The fourth-order valence-electron chi connectivity index (χ4n) is 0. The number of rotatable bonds is 0. The van der Waals surface area contributed by atoms with Gasteiger partial charge < -0.3 is 24.8 Å². The fourth-order valence-corrected chi connectivity index (χ4v) is 0. The molecule has 0 aliphatic heterocycles. The van der Waals surface area contributed by atoms with Gasteiger partial charge in [0, 0.05) is 0 Å². The van der Waals surface area contributed by atoms with Gasteiger partial charge in [-0.05, 0) is 0 Å². The van der Waals surface area contributed by atoms with Crippen LogP contribution in [0.5, 0.6) is 0 Å². The van der Waals surface area contributed by atoms with Gasteiger partial charge in [-0.3, -0.25) is 0 Å². The van der Waals surface area contributed by atoms with Crippen molar-refractivity contribution in [3.05, 3.63) is 0 Å². The second-order valence-corrected chi connectivity index (χ2v) is 9.00. The molecule has 0 amide bonds. The van der Waals surface area contributed by atoms with Crippen molar-refractivity contribution >= 4 is 20.2 Å². The first-order chi connectivity index (χ1) is 1.73. The summed E-state index contributed by atoms with van der Waals surface area (Å²) in [5.41, 5.74) is 0. The Balaban J connectivity index is -0.0000000450. The molecule has 0 aromatic rings. The molecule has 0 N–H and O–H groups in total. The topological polar surface area (TPSA) is 0 Å². The van der Waals surface area contributed by atoms with E-state index in [1.165, 1.54) is 0 Å². The molecule has 0 atom stereocenters. The molecule has 6 heavy (non-hydrogen) atoms. The molecular formula is C3H9Cl2Sb-2. The first-order valence-corrected chi connectivity index (χ1v) is 9.00. The second kappa shape index (κ2) is 9.64. The van der Waals surface area contributed by atoms with Crippen molar-refractivity contribution in [1.82, 2.24) is 0 Å². The SMILES string of the molecule is [CH3][Sb]([CH3])[CH3].[Cl-].[Cl-]. The second-order valence-electron chi connectivity index (χ2n) is 1.34. The third-order valence-electron chi connectivity index (χ3n) is 0. The maximum absolute atomic E-state index is 2.35. The average Bonchev–Trinajstić information content (AvgIpc) is 0.811. The van der Waals surface area contributed by atoms with E-state index in [4.69, 9.17) is 0 Å². The van der Waals surface area contributed by atoms with Crippen molar-refractivity contribution in [1.29, 1.82) is 0 Å². The number of hydrogen-bond donors (Lipinski definition) is 0. The Labute approximate surface area is 59.5 Å². The molecule has 0 nitrogen and oxygen atoms in total. The van der Waals surface area contributed by atoms with E-state index in [1.54, 1.807) is 0 Å². The zero-order chi connectivity index (χ0) is 3.58. The van der Waals surface area contributed by atoms with Gasteiger partial charge >= 0.3 is 34.8 Å². The number of hydrogen-bond acceptors (Lipinski definition) is 0. The Morgan fingerprint density at radius 3 is 0.833 bits per heavy atom. The molecule has 0 spiro atoms. The van der Waals surface area contributed by atoms with Crippen LogP contribution in [0.4, 0.5) is 0 Å². The third-order valence-corrected chi connectivity index (χ3v) is 0. The maximum Gasteiger partial charge on any atom is -1.00 e. The van der Waals surface area contributed by atoms with Gasteiger partial charge in [0.25, 0.3) is 0 Å².